The fourth-order valence-corrected chi connectivity index (χ4v) is 5.95. The number of H-pyrrole nitrogens is 1. The first kappa shape index (κ1) is 25.5. The van der Waals surface area contributed by atoms with E-state index in [2.05, 4.69) is 28.1 Å². The number of amides is 1. The highest BCUT2D eigenvalue weighted by molar-refractivity contribution is 7.09. The summed E-state index contributed by atoms with van der Waals surface area (Å²) in [4.78, 5) is 37.4. The van der Waals surface area contributed by atoms with Crippen LogP contribution in [0.15, 0.2) is 53.3 Å². The van der Waals surface area contributed by atoms with E-state index in [1.165, 1.54) is 11.5 Å². The van der Waals surface area contributed by atoms with Gasteiger partial charge in [-0.2, -0.15) is 4.37 Å². The molecule has 5 rings (SSSR count). The summed E-state index contributed by atoms with van der Waals surface area (Å²) < 4.78 is 6.40. The van der Waals surface area contributed by atoms with Crippen molar-refractivity contribution in [1.29, 1.82) is 0 Å². The van der Waals surface area contributed by atoms with Crippen molar-refractivity contribution in [2.75, 3.05) is 24.5 Å². The Balaban J connectivity index is 1.17. The molecule has 4 aromatic rings. The molecule has 8 nitrogen and oxygen atoms in total. The molecule has 1 amide bonds. The molecule has 0 radical (unpaired) electrons. The van der Waals surface area contributed by atoms with Crippen molar-refractivity contribution in [3.63, 3.8) is 0 Å². The molecule has 1 aliphatic heterocycles. The molecular formula is C27H31ClN6O2S. The number of hydrogen-bond acceptors (Lipinski definition) is 6. The lowest BCUT2D eigenvalue weighted by molar-refractivity contribution is -0.132. The Hall–Kier alpha value is -3.17. The number of aromatic amines is 1. The van der Waals surface area contributed by atoms with Crippen molar-refractivity contribution in [2.24, 2.45) is 0 Å². The number of aromatic nitrogens is 4. The third-order valence-corrected chi connectivity index (χ3v) is 8.02. The maximum Gasteiger partial charge on any atom is 0.326 e. The SMILES string of the molecule is CC(C)N(CCC(=O)N1CCC(n2c(=O)[nH]c3ccccc32)CC1)c1nc(Cc2ccc(Cl)cc2)ns1. The molecule has 0 spiro atoms. The molecule has 0 bridgehead atoms. The van der Waals surface area contributed by atoms with Crippen molar-refractivity contribution < 1.29 is 4.79 Å². The number of hydrogen-bond donors (Lipinski definition) is 1. The Morgan fingerprint density at radius 2 is 1.89 bits per heavy atom. The van der Waals surface area contributed by atoms with E-state index in [1.807, 2.05) is 58.0 Å². The second kappa shape index (κ2) is 11.1. The molecule has 1 fully saturated rings. The van der Waals surface area contributed by atoms with Crippen LogP contribution in [0, 0.1) is 0 Å². The van der Waals surface area contributed by atoms with Crippen LogP contribution in [0.2, 0.25) is 5.02 Å². The van der Waals surface area contributed by atoms with Crippen LogP contribution in [0.5, 0.6) is 0 Å². The van der Waals surface area contributed by atoms with E-state index >= 15 is 0 Å². The van der Waals surface area contributed by atoms with Gasteiger partial charge in [-0.3, -0.25) is 9.36 Å². The third kappa shape index (κ3) is 5.72. The fraction of sp³-hybridized carbons (Fsp3) is 0.407. The van der Waals surface area contributed by atoms with E-state index in [-0.39, 0.29) is 23.7 Å². The average molecular weight is 539 g/mol. The van der Waals surface area contributed by atoms with Crippen LogP contribution in [0.3, 0.4) is 0 Å². The van der Waals surface area contributed by atoms with Gasteiger partial charge in [0.25, 0.3) is 0 Å². The quantitative estimate of drug-likeness (QED) is 0.345. The minimum absolute atomic E-state index is 0.0777. The van der Waals surface area contributed by atoms with E-state index in [1.54, 1.807) is 0 Å². The average Bonchev–Trinajstić information content (AvgIpc) is 3.48. The number of imidazole rings is 1. The number of para-hydroxylation sites is 2. The molecule has 1 saturated heterocycles. The minimum Gasteiger partial charge on any atom is -0.344 e. The van der Waals surface area contributed by atoms with Crippen molar-refractivity contribution in [1.82, 2.24) is 23.8 Å². The van der Waals surface area contributed by atoms with Crippen LogP contribution < -0.4 is 10.6 Å². The monoisotopic (exact) mass is 538 g/mol. The van der Waals surface area contributed by atoms with Crippen molar-refractivity contribution in [3.05, 3.63) is 75.4 Å². The van der Waals surface area contributed by atoms with E-state index in [0.717, 1.165) is 40.4 Å². The minimum atomic E-state index is -0.0777. The van der Waals surface area contributed by atoms with Gasteiger partial charge in [-0.05, 0) is 56.5 Å². The van der Waals surface area contributed by atoms with Gasteiger partial charge < -0.3 is 14.8 Å². The number of rotatable bonds is 8. The summed E-state index contributed by atoms with van der Waals surface area (Å²) in [6, 6.07) is 15.8. The van der Waals surface area contributed by atoms with Gasteiger partial charge in [0.2, 0.25) is 11.0 Å². The maximum atomic E-state index is 13.1. The summed E-state index contributed by atoms with van der Waals surface area (Å²) in [6.45, 7) is 6.11. The molecule has 3 heterocycles. The van der Waals surface area contributed by atoms with E-state index < -0.39 is 0 Å². The van der Waals surface area contributed by atoms with E-state index in [0.29, 0.717) is 37.5 Å². The van der Waals surface area contributed by atoms with Gasteiger partial charge >= 0.3 is 5.69 Å². The zero-order chi connectivity index (χ0) is 25.9. The first-order chi connectivity index (χ1) is 17.9. The highest BCUT2D eigenvalue weighted by Gasteiger charge is 2.27. The molecule has 37 heavy (non-hydrogen) atoms. The predicted molar refractivity (Wildman–Crippen MR) is 149 cm³/mol. The molecule has 10 heteroatoms. The smallest absolute Gasteiger partial charge is 0.326 e. The number of nitrogens with one attached hydrogen (secondary N) is 1. The Morgan fingerprint density at radius 1 is 1.16 bits per heavy atom. The Kier molecular flexibility index (Phi) is 7.62. The number of piperidine rings is 1. The second-order valence-corrected chi connectivity index (χ2v) is 10.9. The lowest BCUT2D eigenvalue weighted by Crippen LogP contribution is -2.42. The number of fused-ring (bicyclic) bond motifs is 1. The van der Waals surface area contributed by atoms with Crippen LogP contribution in [0.1, 0.15) is 50.5 Å². The molecule has 1 N–H and O–H groups in total. The van der Waals surface area contributed by atoms with Crippen LogP contribution in [-0.4, -0.2) is 55.4 Å². The summed E-state index contributed by atoms with van der Waals surface area (Å²) in [5.41, 5.74) is 2.81. The highest BCUT2D eigenvalue weighted by atomic mass is 35.5. The Bertz CT molecular complexity index is 1420. The van der Waals surface area contributed by atoms with E-state index in [4.69, 9.17) is 16.6 Å². The van der Waals surface area contributed by atoms with Crippen LogP contribution in [-0.2, 0) is 11.2 Å². The molecule has 194 valence electrons. The summed E-state index contributed by atoms with van der Waals surface area (Å²) in [5, 5.41) is 1.55. The normalized spacial score (nSPS) is 14.5. The van der Waals surface area contributed by atoms with Crippen molar-refractivity contribution in [3.8, 4) is 0 Å². The van der Waals surface area contributed by atoms with Gasteiger partial charge in [0, 0.05) is 61.1 Å². The van der Waals surface area contributed by atoms with Gasteiger partial charge in [-0.15, -0.1) is 0 Å². The van der Waals surface area contributed by atoms with Gasteiger partial charge in [-0.25, -0.2) is 9.78 Å². The molecular weight excluding hydrogens is 508 g/mol. The summed E-state index contributed by atoms with van der Waals surface area (Å²) >= 11 is 7.36. The second-order valence-electron chi connectivity index (χ2n) is 9.76. The standard InChI is InChI=1S/C27H31ClN6O2S/c1-18(2)33(27-30-24(31-37-27)17-19-7-9-20(28)10-8-19)16-13-25(35)32-14-11-21(12-15-32)34-23-6-4-3-5-22(23)29-26(34)36/h3-10,18,21H,11-17H2,1-2H3,(H,29,36). The number of likely N-dealkylation sites (tertiary alicyclic amines) is 1. The highest BCUT2D eigenvalue weighted by Crippen LogP contribution is 2.26. The van der Waals surface area contributed by atoms with E-state index in [9.17, 15) is 9.59 Å². The number of benzene rings is 2. The van der Waals surface area contributed by atoms with Gasteiger partial charge in [0.15, 0.2) is 0 Å². The molecule has 0 atom stereocenters. The fourth-order valence-electron chi connectivity index (χ4n) is 4.98. The van der Waals surface area contributed by atoms with Crippen LogP contribution in [0.4, 0.5) is 5.13 Å². The number of carbonyl (C=O) groups is 1. The zero-order valence-electron chi connectivity index (χ0n) is 21.1. The first-order valence-corrected chi connectivity index (χ1v) is 13.8. The topological polar surface area (TPSA) is 87.1 Å². The maximum absolute atomic E-state index is 13.1. The summed E-state index contributed by atoms with van der Waals surface area (Å²) in [6.07, 6.45) is 2.60. The number of halogens is 1. The lowest BCUT2D eigenvalue weighted by Gasteiger charge is -2.33. The number of anilines is 1. The predicted octanol–water partition coefficient (Wildman–Crippen LogP) is 4.89. The first-order valence-electron chi connectivity index (χ1n) is 12.7. The molecule has 0 saturated carbocycles. The summed E-state index contributed by atoms with van der Waals surface area (Å²) in [5.74, 6) is 0.912. The summed E-state index contributed by atoms with van der Waals surface area (Å²) in [7, 11) is 0. The molecule has 0 aliphatic carbocycles. The number of nitrogens with zero attached hydrogens (tertiary/aromatic N) is 5. The van der Waals surface area contributed by atoms with Crippen LogP contribution >= 0.6 is 23.1 Å². The molecule has 1 aliphatic rings. The number of carbonyl (C=O) groups excluding carboxylic acids is 1. The zero-order valence-corrected chi connectivity index (χ0v) is 22.6. The molecule has 0 unspecified atom stereocenters. The lowest BCUT2D eigenvalue weighted by atomic mass is 10.0. The largest absolute Gasteiger partial charge is 0.344 e. The Morgan fingerprint density at radius 3 is 2.62 bits per heavy atom. The van der Waals surface area contributed by atoms with Crippen LogP contribution in [0.25, 0.3) is 11.0 Å². The van der Waals surface area contributed by atoms with Gasteiger partial charge in [0.05, 0.1) is 11.0 Å². The Labute approximate surface area is 225 Å². The molecule has 2 aromatic carbocycles. The van der Waals surface area contributed by atoms with Crippen molar-refractivity contribution >= 4 is 45.2 Å². The molecule has 2 aromatic heterocycles. The van der Waals surface area contributed by atoms with Crippen molar-refractivity contribution in [2.45, 2.75) is 51.6 Å². The van der Waals surface area contributed by atoms with Gasteiger partial charge in [0.1, 0.15) is 5.82 Å². The van der Waals surface area contributed by atoms with Gasteiger partial charge in [-0.1, -0.05) is 35.9 Å². The third-order valence-electron chi connectivity index (χ3n) is 6.97.